The summed E-state index contributed by atoms with van der Waals surface area (Å²) in [6.45, 7) is 0. The van der Waals surface area contributed by atoms with Gasteiger partial charge in [0, 0.05) is 10.6 Å². The van der Waals surface area contributed by atoms with Gasteiger partial charge in [-0.05, 0) is 31.0 Å². The lowest BCUT2D eigenvalue weighted by atomic mass is 9.91. The molecule has 1 aliphatic rings. The Morgan fingerprint density at radius 3 is 2.60 bits per heavy atom. The van der Waals surface area contributed by atoms with Crippen LogP contribution in [0.15, 0.2) is 28.8 Å². The smallest absolute Gasteiger partial charge is 0.258 e. The summed E-state index contributed by atoms with van der Waals surface area (Å²) in [5.74, 6) is 1.10. The average Bonchev–Trinajstić information content (AvgIpc) is 2.84. The standard InChI is InChI=1S/C15H18ClN3O/c16-12-7-5-6-11(10-12)13-18-14(19-20-13)15(17)8-3-1-2-4-9-15/h5-7,10H,1-4,8-9,17H2. The molecule has 20 heavy (non-hydrogen) atoms. The van der Waals surface area contributed by atoms with E-state index in [0.29, 0.717) is 16.7 Å². The third-order valence-electron chi connectivity index (χ3n) is 3.94. The van der Waals surface area contributed by atoms with Crippen molar-refractivity contribution in [3.63, 3.8) is 0 Å². The minimum Gasteiger partial charge on any atom is -0.334 e. The van der Waals surface area contributed by atoms with Crippen LogP contribution in [0.4, 0.5) is 0 Å². The van der Waals surface area contributed by atoms with Gasteiger partial charge < -0.3 is 10.3 Å². The van der Waals surface area contributed by atoms with E-state index in [1.165, 1.54) is 12.8 Å². The zero-order valence-corrected chi connectivity index (χ0v) is 12.1. The third kappa shape index (κ3) is 2.72. The van der Waals surface area contributed by atoms with Gasteiger partial charge in [-0.1, -0.05) is 48.5 Å². The highest BCUT2D eigenvalue weighted by Gasteiger charge is 2.33. The van der Waals surface area contributed by atoms with E-state index in [2.05, 4.69) is 10.1 Å². The van der Waals surface area contributed by atoms with Crippen molar-refractivity contribution < 1.29 is 4.52 Å². The van der Waals surface area contributed by atoms with Crippen LogP contribution >= 0.6 is 11.6 Å². The SMILES string of the molecule is NC1(c2noc(-c3cccc(Cl)c3)n2)CCCCCC1. The van der Waals surface area contributed by atoms with E-state index < -0.39 is 5.54 Å². The first-order chi connectivity index (χ1) is 9.67. The molecule has 1 aliphatic carbocycles. The summed E-state index contributed by atoms with van der Waals surface area (Å²) in [5.41, 5.74) is 6.87. The van der Waals surface area contributed by atoms with E-state index in [1.807, 2.05) is 24.3 Å². The van der Waals surface area contributed by atoms with Gasteiger partial charge in [-0.15, -0.1) is 0 Å². The maximum atomic E-state index is 6.49. The van der Waals surface area contributed by atoms with Crippen LogP contribution in [-0.2, 0) is 5.54 Å². The van der Waals surface area contributed by atoms with Gasteiger partial charge in [0.05, 0.1) is 5.54 Å². The van der Waals surface area contributed by atoms with E-state index >= 15 is 0 Å². The summed E-state index contributed by atoms with van der Waals surface area (Å²) < 4.78 is 5.37. The Balaban J connectivity index is 1.89. The minimum atomic E-state index is -0.448. The Morgan fingerprint density at radius 1 is 1.15 bits per heavy atom. The molecule has 1 aromatic carbocycles. The molecule has 0 spiro atoms. The number of halogens is 1. The fourth-order valence-corrected chi connectivity index (χ4v) is 2.94. The molecule has 0 atom stereocenters. The summed E-state index contributed by atoms with van der Waals surface area (Å²) >= 11 is 5.98. The molecule has 1 aromatic heterocycles. The van der Waals surface area contributed by atoms with E-state index in [1.54, 1.807) is 0 Å². The van der Waals surface area contributed by atoms with Crippen LogP contribution in [0.25, 0.3) is 11.5 Å². The van der Waals surface area contributed by atoms with Crippen LogP contribution in [0.2, 0.25) is 5.02 Å². The molecule has 0 bridgehead atoms. The fourth-order valence-electron chi connectivity index (χ4n) is 2.75. The third-order valence-corrected chi connectivity index (χ3v) is 4.17. The number of aromatic nitrogens is 2. The number of hydrogen-bond acceptors (Lipinski definition) is 4. The number of hydrogen-bond donors (Lipinski definition) is 1. The normalized spacial score (nSPS) is 18.7. The Morgan fingerprint density at radius 2 is 1.90 bits per heavy atom. The Hall–Kier alpha value is -1.39. The first kappa shape index (κ1) is 13.6. The van der Waals surface area contributed by atoms with Crippen LogP contribution < -0.4 is 5.73 Å². The molecule has 1 fully saturated rings. The van der Waals surface area contributed by atoms with Gasteiger partial charge in [0.1, 0.15) is 0 Å². The molecule has 4 nitrogen and oxygen atoms in total. The molecule has 106 valence electrons. The molecule has 0 amide bonds. The molecular weight excluding hydrogens is 274 g/mol. The molecule has 1 saturated carbocycles. The van der Waals surface area contributed by atoms with Gasteiger partial charge in [-0.2, -0.15) is 4.98 Å². The lowest BCUT2D eigenvalue weighted by Gasteiger charge is -2.23. The highest BCUT2D eigenvalue weighted by atomic mass is 35.5. The van der Waals surface area contributed by atoms with Crippen molar-refractivity contribution >= 4 is 11.6 Å². The van der Waals surface area contributed by atoms with Crippen molar-refractivity contribution in [3.8, 4) is 11.5 Å². The number of nitrogens with zero attached hydrogens (tertiary/aromatic N) is 2. The lowest BCUT2D eigenvalue weighted by molar-refractivity contribution is 0.334. The van der Waals surface area contributed by atoms with Gasteiger partial charge in [0.25, 0.3) is 5.89 Å². The molecule has 0 radical (unpaired) electrons. The van der Waals surface area contributed by atoms with E-state index in [4.69, 9.17) is 21.9 Å². The van der Waals surface area contributed by atoms with E-state index in [-0.39, 0.29) is 0 Å². The predicted molar refractivity (Wildman–Crippen MR) is 78.3 cm³/mol. The van der Waals surface area contributed by atoms with Gasteiger partial charge >= 0.3 is 0 Å². The molecule has 0 aliphatic heterocycles. The predicted octanol–water partition coefficient (Wildman–Crippen LogP) is 3.90. The van der Waals surface area contributed by atoms with E-state index in [9.17, 15) is 0 Å². The molecule has 1 heterocycles. The van der Waals surface area contributed by atoms with Crippen molar-refractivity contribution in [3.05, 3.63) is 35.1 Å². The zero-order valence-electron chi connectivity index (χ0n) is 11.3. The van der Waals surface area contributed by atoms with Gasteiger partial charge in [-0.3, -0.25) is 0 Å². The average molecular weight is 292 g/mol. The Kier molecular flexibility index (Phi) is 3.76. The van der Waals surface area contributed by atoms with Gasteiger partial charge in [0.15, 0.2) is 5.82 Å². The topological polar surface area (TPSA) is 64.9 Å². The number of nitrogens with two attached hydrogens (primary N) is 1. The van der Waals surface area contributed by atoms with Crippen LogP contribution in [0.1, 0.15) is 44.3 Å². The van der Waals surface area contributed by atoms with Crippen LogP contribution in [0, 0.1) is 0 Å². The maximum absolute atomic E-state index is 6.49. The first-order valence-corrected chi connectivity index (χ1v) is 7.44. The van der Waals surface area contributed by atoms with Gasteiger partial charge in [0.2, 0.25) is 0 Å². The van der Waals surface area contributed by atoms with Crippen molar-refractivity contribution in [1.82, 2.24) is 10.1 Å². The molecule has 0 saturated heterocycles. The molecular formula is C15H18ClN3O. The van der Waals surface area contributed by atoms with Crippen LogP contribution in [0.5, 0.6) is 0 Å². The maximum Gasteiger partial charge on any atom is 0.258 e. The fraction of sp³-hybridized carbons (Fsp3) is 0.467. The van der Waals surface area contributed by atoms with Crippen LogP contribution in [0.3, 0.4) is 0 Å². The highest BCUT2D eigenvalue weighted by Crippen LogP contribution is 2.33. The van der Waals surface area contributed by atoms with Crippen LogP contribution in [-0.4, -0.2) is 10.1 Å². The van der Waals surface area contributed by atoms with Crippen molar-refractivity contribution in [1.29, 1.82) is 0 Å². The summed E-state index contributed by atoms with van der Waals surface area (Å²) in [4.78, 5) is 4.50. The van der Waals surface area contributed by atoms with Crippen molar-refractivity contribution in [2.75, 3.05) is 0 Å². The van der Waals surface area contributed by atoms with E-state index in [0.717, 1.165) is 31.2 Å². The second-order valence-electron chi connectivity index (χ2n) is 5.50. The molecule has 2 N–H and O–H groups in total. The summed E-state index contributed by atoms with van der Waals surface area (Å²) in [6, 6.07) is 7.40. The summed E-state index contributed by atoms with van der Waals surface area (Å²) in [5, 5.41) is 4.76. The molecule has 0 unspecified atom stereocenters. The Bertz CT molecular complexity index is 588. The zero-order chi connectivity index (χ0) is 14.0. The molecule has 3 rings (SSSR count). The first-order valence-electron chi connectivity index (χ1n) is 7.06. The Labute approximate surface area is 123 Å². The molecule has 2 aromatic rings. The summed E-state index contributed by atoms with van der Waals surface area (Å²) in [7, 11) is 0. The lowest BCUT2D eigenvalue weighted by Crippen LogP contribution is -2.37. The minimum absolute atomic E-state index is 0.448. The largest absolute Gasteiger partial charge is 0.334 e. The second kappa shape index (κ2) is 5.54. The van der Waals surface area contributed by atoms with Crippen molar-refractivity contribution in [2.24, 2.45) is 5.73 Å². The summed E-state index contributed by atoms with van der Waals surface area (Å²) in [6.07, 6.45) is 6.55. The second-order valence-corrected chi connectivity index (χ2v) is 5.94. The monoisotopic (exact) mass is 291 g/mol. The number of rotatable bonds is 2. The van der Waals surface area contributed by atoms with Gasteiger partial charge in [-0.25, -0.2) is 0 Å². The quantitative estimate of drug-likeness (QED) is 0.852. The van der Waals surface area contributed by atoms with Crippen molar-refractivity contribution in [2.45, 2.75) is 44.1 Å². The number of benzene rings is 1. The highest BCUT2D eigenvalue weighted by molar-refractivity contribution is 6.30. The molecule has 5 heteroatoms.